The van der Waals surface area contributed by atoms with E-state index in [1.165, 1.54) is 0 Å². The van der Waals surface area contributed by atoms with Crippen molar-refractivity contribution in [2.24, 2.45) is 0 Å². The summed E-state index contributed by atoms with van der Waals surface area (Å²) >= 11 is 9.54. The maximum atomic E-state index is 6.12. The van der Waals surface area contributed by atoms with Gasteiger partial charge >= 0.3 is 0 Å². The van der Waals surface area contributed by atoms with Gasteiger partial charge in [0.2, 0.25) is 0 Å². The number of nitrogens with one attached hydrogen (secondary N) is 1. The summed E-state index contributed by atoms with van der Waals surface area (Å²) in [6, 6.07) is 7.32. The molecule has 1 aromatic heterocycles. The third-order valence-electron chi connectivity index (χ3n) is 2.79. The molecule has 0 aliphatic carbocycles. The van der Waals surface area contributed by atoms with Crippen LogP contribution in [0.1, 0.15) is 26.6 Å². The molecule has 2 rings (SSSR count). The van der Waals surface area contributed by atoms with Gasteiger partial charge in [-0.1, -0.05) is 32.4 Å². The fraction of sp³-hybridized carbons (Fsp3) is 0.333. The van der Waals surface area contributed by atoms with Gasteiger partial charge in [-0.05, 0) is 34.1 Å². The third-order valence-corrected chi connectivity index (χ3v) is 3.49. The molecule has 0 saturated heterocycles. The number of nitrogens with zero attached hydrogens (tertiary/aromatic N) is 2. The van der Waals surface area contributed by atoms with Crippen LogP contribution in [0.15, 0.2) is 28.9 Å². The fourth-order valence-electron chi connectivity index (χ4n) is 1.71. The molecule has 6 heteroatoms. The molecular formula is C15H17BrClN3O. The van der Waals surface area contributed by atoms with Crippen LogP contribution >= 0.6 is 27.5 Å². The topological polar surface area (TPSA) is 47.0 Å². The van der Waals surface area contributed by atoms with Gasteiger partial charge in [0, 0.05) is 17.2 Å². The number of halogens is 2. The first-order chi connectivity index (χ1) is 9.79. The summed E-state index contributed by atoms with van der Waals surface area (Å²) < 4.78 is 5.88. The van der Waals surface area contributed by atoms with Crippen LogP contribution in [-0.4, -0.2) is 17.1 Å². The fourth-order valence-corrected chi connectivity index (χ4v) is 2.35. The molecule has 0 fully saturated rings. The Morgan fingerprint density at radius 3 is 2.48 bits per heavy atom. The summed E-state index contributed by atoms with van der Waals surface area (Å²) in [5.41, 5.74) is 0.712. The molecule has 4 nitrogen and oxygen atoms in total. The zero-order valence-electron chi connectivity index (χ0n) is 12.4. The molecule has 1 aromatic carbocycles. The Hall–Kier alpha value is -1.33. The first kappa shape index (κ1) is 16.0. The van der Waals surface area contributed by atoms with E-state index >= 15 is 0 Å². The highest BCUT2D eigenvalue weighted by atomic mass is 79.9. The lowest BCUT2D eigenvalue weighted by Gasteiger charge is -2.18. The van der Waals surface area contributed by atoms with E-state index in [4.69, 9.17) is 16.3 Å². The smallest absolute Gasteiger partial charge is 0.137 e. The van der Waals surface area contributed by atoms with Crippen LogP contribution in [0.4, 0.5) is 11.5 Å². The molecule has 0 aliphatic heterocycles. The first-order valence-corrected chi connectivity index (χ1v) is 7.62. The van der Waals surface area contributed by atoms with Crippen molar-refractivity contribution in [3.05, 3.63) is 39.7 Å². The zero-order chi connectivity index (χ0) is 15.6. The minimum atomic E-state index is -0.127. The van der Waals surface area contributed by atoms with Crippen LogP contribution in [0.5, 0.6) is 5.75 Å². The third kappa shape index (κ3) is 4.08. The Labute approximate surface area is 138 Å². The number of hydrogen-bond acceptors (Lipinski definition) is 4. The number of rotatable bonds is 3. The van der Waals surface area contributed by atoms with Crippen LogP contribution in [0.25, 0.3) is 0 Å². The highest BCUT2D eigenvalue weighted by Gasteiger charge is 2.18. The lowest BCUT2D eigenvalue weighted by molar-refractivity contribution is 0.415. The van der Waals surface area contributed by atoms with Crippen LogP contribution in [0.2, 0.25) is 5.02 Å². The Bertz CT molecular complexity index is 656. The second kappa shape index (κ2) is 6.20. The average Bonchev–Trinajstić information content (AvgIpc) is 2.37. The van der Waals surface area contributed by atoms with Gasteiger partial charge in [-0.3, -0.25) is 0 Å². The molecule has 0 radical (unpaired) electrons. The SMILES string of the molecule is COc1ccc(Nc2cc(Br)nc(C(C)(C)C)n2)cc1Cl. The molecule has 0 atom stereocenters. The normalized spacial score (nSPS) is 11.3. The zero-order valence-corrected chi connectivity index (χ0v) is 14.7. The van der Waals surface area contributed by atoms with Crippen molar-refractivity contribution in [1.82, 2.24) is 9.97 Å². The standard InChI is InChI=1S/C15H17BrClN3O/c1-15(2,3)14-19-12(16)8-13(20-14)18-9-5-6-11(21-4)10(17)7-9/h5-8H,1-4H3,(H,18,19,20). The van der Waals surface area contributed by atoms with Crippen LogP contribution in [-0.2, 0) is 5.41 Å². The molecule has 1 N–H and O–H groups in total. The second-order valence-corrected chi connectivity index (χ2v) is 6.84. The Morgan fingerprint density at radius 2 is 1.90 bits per heavy atom. The number of aromatic nitrogens is 2. The predicted octanol–water partition coefficient (Wildman–Crippen LogP) is 4.94. The summed E-state index contributed by atoms with van der Waals surface area (Å²) in [6.07, 6.45) is 0. The molecule has 0 aliphatic rings. The molecule has 0 spiro atoms. The van der Waals surface area contributed by atoms with Crippen molar-refractivity contribution in [1.29, 1.82) is 0 Å². The molecule has 21 heavy (non-hydrogen) atoms. The van der Waals surface area contributed by atoms with Crippen molar-refractivity contribution in [3.8, 4) is 5.75 Å². The van der Waals surface area contributed by atoms with Crippen molar-refractivity contribution in [2.45, 2.75) is 26.2 Å². The molecular weight excluding hydrogens is 354 g/mol. The van der Waals surface area contributed by atoms with Gasteiger partial charge in [-0.15, -0.1) is 0 Å². The number of methoxy groups -OCH3 is 1. The monoisotopic (exact) mass is 369 g/mol. The molecule has 0 amide bonds. The summed E-state index contributed by atoms with van der Waals surface area (Å²) in [5.74, 6) is 2.11. The van der Waals surface area contributed by atoms with Crippen molar-refractivity contribution >= 4 is 39.0 Å². The van der Waals surface area contributed by atoms with Gasteiger partial charge in [0.05, 0.1) is 12.1 Å². The quantitative estimate of drug-likeness (QED) is 0.777. The summed E-state index contributed by atoms with van der Waals surface area (Å²) in [6.45, 7) is 6.22. The summed E-state index contributed by atoms with van der Waals surface area (Å²) in [4.78, 5) is 8.96. The highest BCUT2D eigenvalue weighted by Crippen LogP contribution is 2.29. The average molecular weight is 371 g/mol. The maximum absolute atomic E-state index is 6.12. The van der Waals surface area contributed by atoms with E-state index in [0.717, 1.165) is 16.1 Å². The molecule has 0 bridgehead atoms. The molecule has 1 heterocycles. The Balaban J connectivity index is 2.31. The van der Waals surface area contributed by atoms with E-state index in [2.05, 4.69) is 52.0 Å². The van der Waals surface area contributed by atoms with Crippen molar-refractivity contribution < 1.29 is 4.74 Å². The summed E-state index contributed by atoms with van der Waals surface area (Å²) in [5, 5.41) is 3.78. The molecule has 0 unspecified atom stereocenters. The van der Waals surface area contributed by atoms with E-state index in [1.807, 2.05) is 18.2 Å². The Morgan fingerprint density at radius 1 is 1.19 bits per heavy atom. The van der Waals surface area contributed by atoms with E-state index in [0.29, 0.717) is 16.6 Å². The number of anilines is 2. The maximum Gasteiger partial charge on any atom is 0.137 e. The van der Waals surface area contributed by atoms with E-state index < -0.39 is 0 Å². The van der Waals surface area contributed by atoms with Gasteiger partial charge in [-0.2, -0.15) is 0 Å². The van der Waals surface area contributed by atoms with E-state index in [1.54, 1.807) is 13.2 Å². The van der Waals surface area contributed by atoms with Gasteiger partial charge in [0.25, 0.3) is 0 Å². The minimum absolute atomic E-state index is 0.127. The Kier molecular flexibility index (Phi) is 4.74. The van der Waals surface area contributed by atoms with Gasteiger partial charge in [-0.25, -0.2) is 9.97 Å². The van der Waals surface area contributed by atoms with Gasteiger partial charge < -0.3 is 10.1 Å². The van der Waals surface area contributed by atoms with Crippen LogP contribution < -0.4 is 10.1 Å². The van der Waals surface area contributed by atoms with Crippen molar-refractivity contribution in [2.75, 3.05) is 12.4 Å². The number of ether oxygens (including phenoxy) is 1. The van der Waals surface area contributed by atoms with Gasteiger partial charge in [0.1, 0.15) is 22.0 Å². The largest absolute Gasteiger partial charge is 0.495 e. The van der Waals surface area contributed by atoms with Crippen molar-refractivity contribution in [3.63, 3.8) is 0 Å². The number of benzene rings is 1. The lowest BCUT2D eigenvalue weighted by Crippen LogP contribution is -2.16. The van der Waals surface area contributed by atoms with Gasteiger partial charge in [0.15, 0.2) is 0 Å². The number of hydrogen-bond donors (Lipinski definition) is 1. The molecule has 112 valence electrons. The van der Waals surface area contributed by atoms with E-state index in [-0.39, 0.29) is 5.41 Å². The van der Waals surface area contributed by atoms with Crippen LogP contribution in [0, 0.1) is 0 Å². The highest BCUT2D eigenvalue weighted by molar-refractivity contribution is 9.10. The molecule has 0 saturated carbocycles. The predicted molar refractivity (Wildman–Crippen MR) is 89.7 cm³/mol. The molecule has 2 aromatic rings. The minimum Gasteiger partial charge on any atom is -0.495 e. The summed E-state index contributed by atoms with van der Waals surface area (Å²) in [7, 11) is 1.59. The van der Waals surface area contributed by atoms with Crippen LogP contribution in [0.3, 0.4) is 0 Å². The second-order valence-electron chi connectivity index (χ2n) is 5.62. The lowest BCUT2D eigenvalue weighted by atomic mass is 9.96. The van der Waals surface area contributed by atoms with E-state index in [9.17, 15) is 0 Å². The first-order valence-electron chi connectivity index (χ1n) is 6.45.